The first kappa shape index (κ1) is 14.9. The van der Waals surface area contributed by atoms with Gasteiger partial charge >= 0.3 is 5.97 Å². The summed E-state index contributed by atoms with van der Waals surface area (Å²) in [7, 11) is -2.06. The van der Waals surface area contributed by atoms with Crippen LogP contribution in [0.2, 0.25) is 0 Å². The number of nitrogens with zero attached hydrogens (tertiary/aromatic N) is 3. The van der Waals surface area contributed by atoms with Crippen molar-refractivity contribution in [2.75, 3.05) is 6.54 Å². The first-order chi connectivity index (χ1) is 9.42. The molecule has 9 heteroatoms. The average Bonchev–Trinajstić information content (AvgIpc) is 2.82. The zero-order valence-electron chi connectivity index (χ0n) is 11.2. The maximum absolute atomic E-state index is 12.2. The summed E-state index contributed by atoms with van der Waals surface area (Å²) in [5.41, 5.74) is 0. The number of nitrogens with one attached hydrogen (secondary N) is 1. The summed E-state index contributed by atoms with van der Waals surface area (Å²) < 4.78 is 29.6. The van der Waals surface area contributed by atoms with Gasteiger partial charge in [-0.3, -0.25) is 4.79 Å². The van der Waals surface area contributed by atoms with Crippen LogP contribution in [0.3, 0.4) is 0 Å². The minimum atomic E-state index is -3.82. The van der Waals surface area contributed by atoms with Gasteiger partial charge in [0.25, 0.3) is 10.2 Å². The van der Waals surface area contributed by atoms with Crippen LogP contribution in [0, 0.1) is 0 Å². The fourth-order valence-electron chi connectivity index (χ4n) is 2.24. The minimum Gasteiger partial charge on any atom is -0.480 e. The lowest BCUT2D eigenvalue weighted by Crippen LogP contribution is -2.52. The van der Waals surface area contributed by atoms with Crippen LogP contribution < -0.4 is 4.72 Å². The van der Waals surface area contributed by atoms with E-state index >= 15 is 0 Å². The minimum absolute atomic E-state index is 0.0364. The lowest BCUT2D eigenvalue weighted by molar-refractivity contribution is -0.142. The summed E-state index contributed by atoms with van der Waals surface area (Å²) in [4.78, 5) is 15.2. The molecule has 1 fully saturated rings. The summed E-state index contributed by atoms with van der Waals surface area (Å²) >= 11 is 0. The fourth-order valence-corrected chi connectivity index (χ4v) is 3.62. The molecule has 112 valence electrons. The molecule has 1 saturated heterocycles. The first-order valence-corrected chi connectivity index (χ1v) is 7.81. The zero-order valence-corrected chi connectivity index (χ0v) is 12.0. The van der Waals surface area contributed by atoms with E-state index in [4.69, 9.17) is 5.11 Å². The smallest absolute Gasteiger partial charge is 0.322 e. The van der Waals surface area contributed by atoms with E-state index in [2.05, 4.69) is 9.71 Å². The molecule has 2 N–H and O–H groups in total. The van der Waals surface area contributed by atoms with Gasteiger partial charge in [-0.2, -0.15) is 17.4 Å². The lowest BCUT2D eigenvalue weighted by atomic mass is 10.1. The number of piperidine rings is 1. The van der Waals surface area contributed by atoms with Crippen LogP contribution in [-0.2, 0) is 28.6 Å². The summed E-state index contributed by atoms with van der Waals surface area (Å²) in [6, 6.07) is -0.984. The molecule has 2 rings (SSSR count). The summed E-state index contributed by atoms with van der Waals surface area (Å²) in [5, 5.41) is 9.12. The Morgan fingerprint density at radius 2 is 2.30 bits per heavy atom. The Labute approximate surface area is 117 Å². The molecule has 0 saturated carbocycles. The van der Waals surface area contributed by atoms with Crippen molar-refractivity contribution in [2.24, 2.45) is 7.05 Å². The van der Waals surface area contributed by atoms with Gasteiger partial charge < -0.3 is 9.67 Å². The SMILES string of the molecule is Cn1ccnc1CNS(=O)(=O)N1CCCCC1C(=O)O. The molecule has 0 radical (unpaired) electrons. The zero-order chi connectivity index (χ0) is 14.8. The second-order valence-corrected chi connectivity index (χ2v) is 6.45. The van der Waals surface area contributed by atoms with E-state index in [-0.39, 0.29) is 13.1 Å². The molecule has 1 aliphatic rings. The molecule has 2 heterocycles. The Hall–Kier alpha value is -1.45. The third kappa shape index (κ3) is 3.17. The topological polar surface area (TPSA) is 105 Å². The molecule has 0 aliphatic carbocycles. The predicted octanol–water partition coefficient (Wildman–Crippen LogP) is -0.306. The van der Waals surface area contributed by atoms with Gasteiger partial charge in [-0.1, -0.05) is 0 Å². The number of carboxylic acid groups (broad SMARTS) is 1. The molecular formula is C11H18N4O4S. The van der Waals surface area contributed by atoms with Gasteiger partial charge in [0.2, 0.25) is 0 Å². The molecule has 1 unspecified atom stereocenters. The number of imidazole rings is 1. The van der Waals surface area contributed by atoms with E-state index in [1.54, 1.807) is 24.0 Å². The van der Waals surface area contributed by atoms with Crippen molar-refractivity contribution in [3.05, 3.63) is 18.2 Å². The Bertz CT molecular complexity index is 583. The van der Waals surface area contributed by atoms with Crippen LogP contribution in [0.25, 0.3) is 0 Å². The highest BCUT2D eigenvalue weighted by Crippen LogP contribution is 2.20. The number of carboxylic acids is 1. The highest BCUT2D eigenvalue weighted by atomic mass is 32.2. The molecule has 8 nitrogen and oxygen atoms in total. The number of aliphatic carboxylic acids is 1. The maximum atomic E-state index is 12.2. The number of hydrogen-bond acceptors (Lipinski definition) is 4. The highest BCUT2D eigenvalue weighted by molar-refractivity contribution is 7.87. The van der Waals surface area contributed by atoms with Gasteiger partial charge in [-0.05, 0) is 19.3 Å². The summed E-state index contributed by atoms with van der Waals surface area (Å²) in [6.45, 7) is 0.265. The van der Waals surface area contributed by atoms with Crippen LogP contribution in [0.4, 0.5) is 0 Å². The van der Waals surface area contributed by atoms with Gasteiger partial charge in [0.15, 0.2) is 0 Å². The summed E-state index contributed by atoms with van der Waals surface area (Å²) in [6.07, 6.45) is 5.03. The second kappa shape index (κ2) is 5.90. The maximum Gasteiger partial charge on any atom is 0.322 e. The number of aryl methyl sites for hydroxylation is 1. The predicted molar refractivity (Wildman–Crippen MR) is 70.9 cm³/mol. The van der Waals surface area contributed by atoms with Gasteiger partial charge in [0, 0.05) is 26.0 Å². The Morgan fingerprint density at radius 3 is 2.90 bits per heavy atom. The van der Waals surface area contributed by atoms with Crippen molar-refractivity contribution in [1.82, 2.24) is 18.6 Å². The molecule has 1 atom stereocenters. The van der Waals surface area contributed by atoms with Gasteiger partial charge in [0.05, 0.1) is 6.54 Å². The van der Waals surface area contributed by atoms with Crippen LogP contribution in [-0.4, -0.2) is 45.9 Å². The standard InChI is InChI=1S/C11H18N4O4S/c1-14-7-5-12-10(14)8-13-20(18,19)15-6-3-2-4-9(15)11(16)17/h5,7,9,13H,2-4,6,8H2,1H3,(H,16,17). The Balaban J connectivity index is 2.08. The largest absolute Gasteiger partial charge is 0.480 e. The van der Waals surface area contributed by atoms with Crippen LogP contribution in [0.5, 0.6) is 0 Å². The fraction of sp³-hybridized carbons (Fsp3) is 0.636. The number of rotatable bonds is 5. The molecule has 1 aliphatic heterocycles. The normalized spacial score (nSPS) is 20.9. The van der Waals surface area contributed by atoms with Crippen LogP contribution in [0.1, 0.15) is 25.1 Å². The molecule has 1 aromatic rings. The van der Waals surface area contributed by atoms with Gasteiger partial charge in [0.1, 0.15) is 11.9 Å². The highest BCUT2D eigenvalue weighted by Gasteiger charge is 2.36. The third-order valence-corrected chi connectivity index (χ3v) is 4.94. The van der Waals surface area contributed by atoms with Crippen LogP contribution >= 0.6 is 0 Å². The van der Waals surface area contributed by atoms with E-state index in [9.17, 15) is 13.2 Å². The van der Waals surface area contributed by atoms with Crippen molar-refractivity contribution < 1.29 is 18.3 Å². The lowest BCUT2D eigenvalue weighted by Gasteiger charge is -2.31. The molecule has 0 spiro atoms. The Kier molecular flexibility index (Phi) is 4.41. The number of carbonyl (C=O) groups is 1. The van der Waals surface area contributed by atoms with E-state index in [1.807, 2.05) is 0 Å². The quantitative estimate of drug-likeness (QED) is 0.776. The molecule has 20 heavy (non-hydrogen) atoms. The third-order valence-electron chi connectivity index (χ3n) is 3.38. The van der Waals surface area contributed by atoms with Gasteiger partial charge in [-0.25, -0.2) is 4.98 Å². The van der Waals surface area contributed by atoms with Crippen molar-refractivity contribution in [2.45, 2.75) is 31.8 Å². The van der Waals surface area contributed by atoms with E-state index in [0.717, 1.165) is 10.7 Å². The monoisotopic (exact) mass is 302 g/mol. The molecule has 0 amide bonds. The molecular weight excluding hydrogens is 284 g/mol. The second-order valence-electron chi connectivity index (χ2n) is 4.74. The number of hydrogen-bond donors (Lipinski definition) is 2. The van der Waals surface area contributed by atoms with Crippen molar-refractivity contribution in [3.8, 4) is 0 Å². The average molecular weight is 302 g/mol. The van der Waals surface area contributed by atoms with Crippen molar-refractivity contribution in [3.63, 3.8) is 0 Å². The van der Waals surface area contributed by atoms with E-state index in [0.29, 0.717) is 18.7 Å². The summed E-state index contributed by atoms with van der Waals surface area (Å²) in [5.74, 6) is -0.537. The van der Waals surface area contributed by atoms with Crippen LogP contribution in [0.15, 0.2) is 12.4 Å². The molecule has 1 aromatic heterocycles. The molecule has 0 aromatic carbocycles. The first-order valence-electron chi connectivity index (χ1n) is 6.37. The van der Waals surface area contributed by atoms with E-state index in [1.165, 1.54) is 0 Å². The number of aromatic nitrogens is 2. The molecule has 0 bridgehead atoms. The van der Waals surface area contributed by atoms with Crippen molar-refractivity contribution in [1.29, 1.82) is 0 Å². The van der Waals surface area contributed by atoms with Gasteiger partial charge in [-0.15, -0.1) is 0 Å². The Morgan fingerprint density at radius 1 is 1.55 bits per heavy atom. The van der Waals surface area contributed by atoms with Crippen molar-refractivity contribution >= 4 is 16.2 Å². The van der Waals surface area contributed by atoms with E-state index < -0.39 is 22.2 Å².